The quantitative estimate of drug-likeness (QED) is 0.467. The van der Waals surface area contributed by atoms with E-state index in [1.807, 2.05) is 23.5 Å². The van der Waals surface area contributed by atoms with E-state index in [9.17, 15) is 0 Å². The van der Waals surface area contributed by atoms with Gasteiger partial charge in [0.15, 0.2) is 0 Å². The molecule has 3 heteroatoms. The molecule has 10 heavy (non-hydrogen) atoms. The fourth-order valence-corrected chi connectivity index (χ4v) is 2.46. The van der Waals surface area contributed by atoms with Gasteiger partial charge in [-0.15, -0.1) is 0 Å². The second-order valence-electron chi connectivity index (χ2n) is 2.63. The molecule has 2 aliphatic rings. The van der Waals surface area contributed by atoms with Gasteiger partial charge in [-0.1, -0.05) is 0 Å². The summed E-state index contributed by atoms with van der Waals surface area (Å²) in [5.41, 5.74) is 0. The van der Waals surface area contributed by atoms with Crippen LogP contribution in [0.3, 0.4) is 0 Å². The number of hydrogen-bond donors (Lipinski definition) is 0. The van der Waals surface area contributed by atoms with E-state index in [1.54, 1.807) is 0 Å². The van der Waals surface area contributed by atoms with E-state index >= 15 is 0 Å². The SMILES string of the molecule is [CH]1SC1CCSCC1CO1. The molecule has 1 radical (unpaired) electrons. The zero-order valence-corrected chi connectivity index (χ0v) is 7.42. The minimum atomic E-state index is 0.612. The topological polar surface area (TPSA) is 12.5 Å². The fraction of sp³-hybridized carbons (Fsp3) is 0.857. The second-order valence-corrected chi connectivity index (χ2v) is 4.93. The monoisotopic (exact) mass is 175 g/mol. The highest BCUT2D eigenvalue weighted by Crippen LogP contribution is 2.39. The third-order valence-electron chi connectivity index (χ3n) is 1.58. The number of hydrogen-bond acceptors (Lipinski definition) is 3. The highest BCUT2D eigenvalue weighted by atomic mass is 32.2. The first-order chi connectivity index (χ1) is 4.95. The van der Waals surface area contributed by atoms with Gasteiger partial charge in [0, 0.05) is 16.8 Å². The van der Waals surface area contributed by atoms with Crippen molar-refractivity contribution in [3.8, 4) is 0 Å². The molecule has 2 heterocycles. The molecule has 0 aromatic heterocycles. The van der Waals surface area contributed by atoms with E-state index < -0.39 is 0 Å². The van der Waals surface area contributed by atoms with Crippen LogP contribution in [0.2, 0.25) is 0 Å². The number of rotatable bonds is 5. The second kappa shape index (κ2) is 3.37. The molecule has 1 nitrogen and oxygen atoms in total. The van der Waals surface area contributed by atoms with Crippen LogP contribution in [0.1, 0.15) is 6.42 Å². The van der Waals surface area contributed by atoms with Gasteiger partial charge in [0.25, 0.3) is 0 Å². The molecule has 2 aliphatic heterocycles. The first kappa shape index (κ1) is 7.32. The minimum Gasteiger partial charge on any atom is -0.372 e. The molecule has 0 spiro atoms. The van der Waals surface area contributed by atoms with Gasteiger partial charge >= 0.3 is 0 Å². The van der Waals surface area contributed by atoms with Crippen molar-refractivity contribution in [2.75, 3.05) is 18.1 Å². The Morgan fingerprint density at radius 3 is 3.10 bits per heavy atom. The van der Waals surface area contributed by atoms with Gasteiger partial charge in [-0.05, 0) is 12.2 Å². The molecule has 0 saturated carbocycles. The maximum atomic E-state index is 5.10. The molecule has 0 N–H and O–H groups in total. The Balaban J connectivity index is 1.40. The molecule has 2 atom stereocenters. The third-order valence-corrected chi connectivity index (χ3v) is 3.61. The summed E-state index contributed by atoms with van der Waals surface area (Å²) >= 11 is 4.01. The summed E-state index contributed by atoms with van der Waals surface area (Å²) in [6.45, 7) is 1.01. The van der Waals surface area contributed by atoms with Gasteiger partial charge in [-0.3, -0.25) is 0 Å². The maximum Gasteiger partial charge on any atom is 0.0900 e. The molecule has 0 amide bonds. The van der Waals surface area contributed by atoms with Crippen LogP contribution in [0.15, 0.2) is 0 Å². The van der Waals surface area contributed by atoms with Crippen molar-refractivity contribution >= 4 is 23.5 Å². The van der Waals surface area contributed by atoms with Crippen molar-refractivity contribution in [1.29, 1.82) is 0 Å². The molecule has 2 saturated heterocycles. The Bertz CT molecular complexity index is 96.2. The van der Waals surface area contributed by atoms with Crippen molar-refractivity contribution in [2.45, 2.75) is 17.8 Å². The summed E-state index contributed by atoms with van der Waals surface area (Å²) < 4.78 is 5.10. The Morgan fingerprint density at radius 1 is 1.70 bits per heavy atom. The summed E-state index contributed by atoms with van der Waals surface area (Å²) in [4.78, 5) is 0. The van der Waals surface area contributed by atoms with Gasteiger partial charge in [0.05, 0.1) is 12.7 Å². The smallest absolute Gasteiger partial charge is 0.0900 e. The van der Waals surface area contributed by atoms with Crippen LogP contribution >= 0.6 is 23.5 Å². The van der Waals surface area contributed by atoms with E-state index in [0.717, 1.165) is 11.9 Å². The van der Waals surface area contributed by atoms with Crippen molar-refractivity contribution in [2.24, 2.45) is 0 Å². The molecule has 0 aliphatic carbocycles. The molecular formula is C7H11OS2. The average molecular weight is 175 g/mol. The summed E-state index contributed by atoms with van der Waals surface area (Å²) in [5, 5.41) is 0.896. The van der Waals surface area contributed by atoms with Crippen LogP contribution in [-0.4, -0.2) is 29.5 Å². The lowest BCUT2D eigenvalue weighted by molar-refractivity contribution is 0.426. The highest BCUT2D eigenvalue weighted by Gasteiger charge is 2.24. The first-order valence-corrected chi connectivity index (χ1v) is 5.73. The summed E-state index contributed by atoms with van der Waals surface area (Å²) in [6, 6.07) is 0. The van der Waals surface area contributed by atoms with Crippen LogP contribution in [-0.2, 0) is 4.74 Å². The minimum absolute atomic E-state index is 0.612. The molecule has 0 bridgehead atoms. The fourth-order valence-electron chi connectivity index (χ4n) is 0.770. The zero-order valence-electron chi connectivity index (χ0n) is 5.79. The lowest BCUT2D eigenvalue weighted by Gasteiger charge is -1.94. The van der Waals surface area contributed by atoms with Crippen LogP contribution < -0.4 is 0 Å². The lowest BCUT2D eigenvalue weighted by atomic mass is 10.4. The Kier molecular flexibility index (Phi) is 2.47. The summed E-state index contributed by atoms with van der Waals surface area (Å²) in [5.74, 6) is 4.85. The van der Waals surface area contributed by atoms with E-state index in [2.05, 4.69) is 5.75 Å². The van der Waals surface area contributed by atoms with E-state index in [-0.39, 0.29) is 0 Å². The Hall–Kier alpha value is 0.660. The number of ether oxygens (including phenoxy) is 1. The van der Waals surface area contributed by atoms with E-state index in [0.29, 0.717) is 6.10 Å². The highest BCUT2D eigenvalue weighted by molar-refractivity contribution is 8.09. The normalized spacial score (nSPS) is 36.0. The molecule has 57 valence electrons. The molecule has 0 aromatic carbocycles. The van der Waals surface area contributed by atoms with Gasteiger partial charge in [-0.2, -0.15) is 23.5 Å². The van der Waals surface area contributed by atoms with Crippen LogP contribution in [0.5, 0.6) is 0 Å². The summed E-state index contributed by atoms with van der Waals surface area (Å²) in [6.07, 6.45) is 1.98. The van der Waals surface area contributed by atoms with Crippen LogP contribution in [0.4, 0.5) is 0 Å². The van der Waals surface area contributed by atoms with Gasteiger partial charge < -0.3 is 4.74 Å². The van der Waals surface area contributed by atoms with Gasteiger partial charge in [0.2, 0.25) is 0 Å². The molecule has 0 aromatic rings. The number of epoxide rings is 1. The Labute approximate surface area is 70.3 Å². The zero-order chi connectivity index (χ0) is 6.81. The number of thioether (sulfide) groups is 2. The van der Waals surface area contributed by atoms with Crippen molar-refractivity contribution in [1.82, 2.24) is 0 Å². The van der Waals surface area contributed by atoms with E-state index in [1.165, 1.54) is 17.9 Å². The van der Waals surface area contributed by atoms with Gasteiger partial charge in [-0.25, -0.2) is 0 Å². The first-order valence-electron chi connectivity index (χ1n) is 3.63. The average Bonchev–Trinajstić information content (AvgIpc) is 2.77. The largest absolute Gasteiger partial charge is 0.372 e. The summed E-state index contributed by atoms with van der Waals surface area (Å²) in [7, 11) is 0. The Morgan fingerprint density at radius 2 is 2.50 bits per heavy atom. The predicted molar refractivity (Wildman–Crippen MR) is 47.4 cm³/mol. The maximum absolute atomic E-state index is 5.10. The lowest BCUT2D eigenvalue weighted by Crippen LogP contribution is -1.92. The molecule has 2 fully saturated rings. The standard InChI is InChI=1S/C7H11OS2/c1(7-5-10-7)2-9-4-6-3-8-6/h5-7H,1-4H2. The van der Waals surface area contributed by atoms with Crippen LogP contribution in [0, 0.1) is 5.75 Å². The van der Waals surface area contributed by atoms with Crippen molar-refractivity contribution in [3.05, 3.63) is 5.75 Å². The van der Waals surface area contributed by atoms with Gasteiger partial charge in [0.1, 0.15) is 0 Å². The molecule has 2 unspecified atom stereocenters. The third kappa shape index (κ3) is 2.72. The van der Waals surface area contributed by atoms with Crippen molar-refractivity contribution < 1.29 is 4.74 Å². The predicted octanol–water partition coefficient (Wildman–Crippen LogP) is 1.79. The van der Waals surface area contributed by atoms with E-state index in [4.69, 9.17) is 4.74 Å². The van der Waals surface area contributed by atoms with Crippen LogP contribution in [0.25, 0.3) is 0 Å². The molecular weight excluding hydrogens is 164 g/mol. The molecule has 2 rings (SSSR count). The van der Waals surface area contributed by atoms with Crippen molar-refractivity contribution in [3.63, 3.8) is 0 Å².